The Labute approximate surface area is 332 Å². The van der Waals surface area contributed by atoms with Gasteiger partial charge in [0.1, 0.15) is 12.2 Å². The van der Waals surface area contributed by atoms with Crippen molar-refractivity contribution in [3.8, 4) is 0 Å². The molecular weight excluding hydrogens is 703 g/mol. The lowest BCUT2D eigenvalue weighted by Gasteiger charge is -2.20. The van der Waals surface area contributed by atoms with Gasteiger partial charge in [0.05, 0.1) is 26.4 Å². The molecule has 0 spiro atoms. The molecule has 0 amide bonds. The van der Waals surface area contributed by atoms with Crippen LogP contribution in [0.15, 0.2) is 12.2 Å². The zero-order chi connectivity index (χ0) is 39.6. The number of rotatable bonds is 44. The van der Waals surface area contributed by atoms with Crippen LogP contribution < -0.4 is 0 Å². The predicted molar refractivity (Wildman–Crippen MR) is 224 cm³/mol. The molecule has 0 saturated heterocycles. The van der Waals surface area contributed by atoms with E-state index in [1.807, 2.05) is 0 Å². The number of aliphatic hydroxyl groups is 2. The Morgan fingerprint density at radius 2 is 0.944 bits per heavy atom. The molecule has 0 aromatic heterocycles. The SMILES string of the molecule is CCCCC/C=C\CCCCCCCC(=O)OC(COCCCCCCCCCCCCCCCCCCCCCCC)COP(=O)(O)OCC(O)CO. The smallest absolute Gasteiger partial charge is 0.457 e. The Balaban J connectivity index is 4.04. The molecule has 0 radical (unpaired) electrons. The monoisotopic (exact) mass is 791 g/mol. The van der Waals surface area contributed by atoms with Crippen molar-refractivity contribution in [2.45, 2.75) is 232 Å². The van der Waals surface area contributed by atoms with E-state index in [4.69, 9.17) is 23.6 Å². The molecule has 3 atom stereocenters. The lowest BCUT2D eigenvalue weighted by molar-refractivity contribution is -0.154. The van der Waals surface area contributed by atoms with Crippen LogP contribution in [0.4, 0.5) is 0 Å². The number of ether oxygens (including phenoxy) is 2. The highest BCUT2D eigenvalue weighted by Gasteiger charge is 2.26. The molecule has 0 aliphatic rings. The summed E-state index contributed by atoms with van der Waals surface area (Å²) in [6.07, 6.45) is 41.8. The standard InChI is InChI=1S/C44H87O9P/c1-3-5-7-9-11-13-15-17-18-19-20-21-22-23-24-25-27-29-31-33-35-37-50-40-43(41-52-54(48,49)51-39-42(46)38-45)53-44(47)36-34-32-30-28-26-16-14-12-10-8-6-4-2/h12,14,42-43,45-46H,3-11,13,15-41H2,1-2H3,(H,48,49)/b14-12-. The van der Waals surface area contributed by atoms with E-state index in [1.54, 1.807) is 0 Å². The third-order valence-corrected chi connectivity index (χ3v) is 10.9. The van der Waals surface area contributed by atoms with Crippen LogP contribution in [0.5, 0.6) is 0 Å². The third kappa shape index (κ3) is 40.9. The van der Waals surface area contributed by atoms with Gasteiger partial charge in [0.2, 0.25) is 0 Å². The second kappa shape index (κ2) is 41.8. The van der Waals surface area contributed by atoms with Gasteiger partial charge in [0.15, 0.2) is 0 Å². The molecule has 0 bridgehead atoms. The van der Waals surface area contributed by atoms with Crippen molar-refractivity contribution in [3.05, 3.63) is 12.2 Å². The zero-order valence-electron chi connectivity index (χ0n) is 35.2. The third-order valence-electron chi connectivity index (χ3n) is 9.95. The van der Waals surface area contributed by atoms with Crippen molar-refractivity contribution in [2.75, 3.05) is 33.0 Å². The predicted octanol–water partition coefficient (Wildman–Crippen LogP) is 12.5. The van der Waals surface area contributed by atoms with Gasteiger partial charge in [-0.25, -0.2) is 4.57 Å². The Kier molecular flexibility index (Phi) is 41.2. The lowest BCUT2D eigenvalue weighted by atomic mass is 10.0. The maximum atomic E-state index is 12.6. The molecular formula is C44H87O9P. The summed E-state index contributed by atoms with van der Waals surface area (Å²) in [5.41, 5.74) is 0. The fraction of sp³-hybridized carbons (Fsp3) is 0.932. The average Bonchev–Trinajstić information content (AvgIpc) is 3.16. The first-order valence-corrected chi connectivity index (χ1v) is 24.2. The molecule has 9 nitrogen and oxygen atoms in total. The van der Waals surface area contributed by atoms with Gasteiger partial charge in [0, 0.05) is 13.0 Å². The number of aliphatic hydroxyl groups excluding tert-OH is 2. The Bertz CT molecular complexity index is 856. The van der Waals surface area contributed by atoms with E-state index in [-0.39, 0.29) is 25.6 Å². The molecule has 0 aliphatic heterocycles. The normalized spacial score (nSPS) is 14.1. The van der Waals surface area contributed by atoms with Gasteiger partial charge in [0.25, 0.3) is 0 Å². The number of carbonyl (C=O) groups is 1. The highest BCUT2D eigenvalue weighted by molar-refractivity contribution is 7.47. The summed E-state index contributed by atoms with van der Waals surface area (Å²) in [4.78, 5) is 22.5. The van der Waals surface area contributed by atoms with Crippen molar-refractivity contribution in [1.82, 2.24) is 0 Å². The molecule has 0 aromatic carbocycles. The van der Waals surface area contributed by atoms with E-state index in [9.17, 15) is 19.4 Å². The topological polar surface area (TPSA) is 132 Å². The number of esters is 1. The van der Waals surface area contributed by atoms with Crippen LogP contribution in [0, 0.1) is 0 Å². The minimum atomic E-state index is -4.51. The van der Waals surface area contributed by atoms with Crippen molar-refractivity contribution in [2.24, 2.45) is 0 Å². The summed E-state index contributed by atoms with van der Waals surface area (Å²) in [6.45, 7) is 3.52. The summed E-state index contributed by atoms with van der Waals surface area (Å²) in [5.74, 6) is -0.388. The summed E-state index contributed by atoms with van der Waals surface area (Å²) in [6, 6.07) is 0. The van der Waals surface area contributed by atoms with E-state index < -0.39 is 33.2 Å². The van der Waals surface area contributed by atoms with Crippen LogP contribution in [0.2, 0.25) is 0 Å². The first kappa shape index (κ1) is 53.2. The molecule has 322 valence electrons. The number of unbranched alkanes of at least 4 members (excludes halogenated alkanes) is 28. The van der Waals surface area contributed by atoms with Gasteiger partial charge in [-0.15, -0.1) is 0 Å². The maximum absolute atomic E-state index is 12.6. The quantitative estimate of drug-likeness (QED) is 0.0239. The van der Waals surface area contributed by atoms with Crippen molar-refractivity contribution in [1.29, 1.82) is 0 Å². The maximum Gasteiger partial charge on any atom is 0.472 e. The van der Waals surface area contributed by atoms with Crippen LogP contribution in [0.25, 0.3) is 0 Å². The second-order valence-corrected chi connectivity index (χ2v) is 16.9. The van der Waals surface area contributed by atoms with E-state index in [0.29, 0.717) is 6.61 Å². The molecule has 0 fully saturated rings. The summed E-state index contributed by atoms with van der Waals surface area (Å²) in [7, 11) is -4.51. The summed E-state index contributed by atoms with van der Waals surface area (Å²) in [5, 5.41) is 18.3. The number of phosphoric ester groups is 1. The number of carbonyl (C=O) groups excluding carboxylic acids is 1. The van der Waals surface area contributed by atoms with Gasteiger partial charge >= 0.3 is 13.8 Å². The van der Waals surface area contributed by atoms with Crippen molar-refractivity contribution >= 4 is 13.8 Å². The van der Waals surface area contributed by atoms with Crippen LogP contribution in [-0.4, -0.2) is 66.3 Å². The van der Waals surface area contributed by atoms with Crippen molar-refractivity contribution in [3.63, 3.8) is 0 Å². The number of phosphoric acid groups is 1. The van der Waals surface area contributed by atoms with Gasteiger partial charge in [-0.05, 0) is 38.5 Å². The second-order valence-electron chi connectivity index (χ2n) is 15.4. The summed E-state index contributed by atoms with van der Waals surface area (Å²) < 4.78 is 33.4. The van der Waals surface area contributed by atoms with Crippen LogP contribution >= 0.6 is 7.82 Å². The average molecular weight is 791 g/mol. The highest BCUT2D eigenvalue weighted by Crippen LogP contribution is 2.43. The van der Waals surface area contributed by atoms with Crippen LogP contribution in [0.1, 0.15) is 219 Å². The molecule has 3 N–H and O–H groups in total. The van der Waals surface area contributed by atoms with E-state index in [2.05, 4.69) is 26.0 Å². The molecule has 10 heteroatoms. The van der Waals surface area contributed by atoms with Gasteiger partial charge < -0.3 is 24.6 Å². The Morgan fingerprint density at radius 1 is 0.556 bits per heavy atom. The van der Waals surface area contributed by atoms with Gasteiger partial charge in [-0.2, -0.15) is 0 Å². The highest BCUT2D eigenvalue weighted by atomic mass is 31.2. The number of hydrogen-bond donors (Lipinski definition) is 3. The van der Waals surface area contributed by atoms with Crippen LogP contribution in [0.3, 0.4) is 0 Å². The minimum Gasteiger partial charge on any atom is -0.457 e. The van der Waals surface area contributed by atoms with Crippen molar-refractivity contribution < 1.29 is 43.0 Å². The summed E-state index contributed by atoms with van der Waals surface area (Å²) >= 11 is 0. The van der Waals surface area contributed by atoms with Gasteiger partial charge in [-0.1, -0.05) is 187 Å². The molecule has 54 heavy (non-hydrogen) atoms. The number of hydrogen-bond acceptors (Lipinski definition) is 8. The Morgan fingerprint density at radius 3 is 1.43 bits per heavy atom. The first-order valence-electron chi connectivity index (χ1n) is 22.7. The van der Waals surface area contributed by atoms with E-state index >= 15 is 0 Å². The van der Waals surface area contributed by atoms with E-state index in [0.717, 1.165) is 51.4 Å². The fourth-order valence-electron chi connectivity index (χ4n) is 6.47. The van der Waals surface area contributed by atoms with E-state index in [1.165, 1.54) is 148 Å². The first-order chi connectivity index (χ1) is 26.3. The molecule has 0 heterocycles. The Hall–Kier alpha value is -0.800. The van der Waals surface area contributed by atoms with Crippen LogP contribution in [-0.2, 0) is 27.9 Å². The molecule has 0 saturated carbocycles. The fourth-order valence-corrected chi connectivity index (χ4v) is 7.26. The van der Waals surface area contributed by atoms with Gasteiger partial charge in [-0.3, -0.25) is 13.8 Å². The molecule has 0 aliphatic carbocycles. The largest absolute Gasteiger partial charge is 0.472 e. The number of allylic oxidation sites excluding steroid dienone is 2. The molecule has 0 rings (SSSR count). The lowest BCUT2D eigenvalue weighted by Crippen LogP contribution is -2.29. The molecule has 0 aromatic rings. The molecule has 3 unspecified atom stereocenters. The minimum absolute atomic E-state index is 0.0517. The zero-order valence-corrected chi connectivity index (χ0v) is 36.1.